The zero-order valence-electron chi connectivity index (χ0n) is 9.46. The minimum absolute atomic E-state index is 0.190. The molecule has 0 amide bonds. The maximum atomic E-state index is 13.5. The van der Waals surface area contributed by atoms with Gasteiger partial charge < -0.3 is 5.11 Å². The highest BCUT2D eigenvalue weighted by Crippen LogP contribution is 2.25. The van der Waals surface area contributed by atoms with Crippen LogP contribution in [0.4, 0.5) is 4.39 Å². The molecule has 100 valence electrons. The Bertz CT molecular complexity index is 559. The van der Waals surface area contributed by atoms with E-state index in [1.54, 1.807) is 0 Å². The Labute approximate surface area is 108 Å². The molecule has 0 spiro atoms. The lowest BCUT2D eigenvalue weighted by molar-refractivity contribution is -0.140. The van der Waals surface area contributed by atoms with Gasteiger partial charge in [0.15, 0.2) is 0 Å². The molecule has 0 saturated carbocycles. The lowest BCUT2D eigenvalue weighted by Crippen LogP contribution is -2.13. The number of primary sulfonamides is 1. The highest BCUT2D eigenvalue weighted by molar-refractivity contribution is 7.99. The number of nitrogens with two attached hydrogens (primary N) is 1. The van der Waals surface area contributed by atoms with Crippen molar-refractivity contribution in [1.82, 2.24) is 0 Å². The van der Waals surface area contributed by atoms with Gasteiger partial charge in [0.2, 0.25) is 10.0 Å². The molecule has 0 saturated heterocycles. The predicted octanol–water partition coefficient (Wildman–Crippen LogP) is 1.29. The van der Waals surface area contributed by atoms with Gasteiger partial charge in [-0.05, 0) is 18.2 Å². The largest absolute Gasteiger partial charge is 0.481 e. The van der Waals surface area contributed by atoms with Crippen LogP contribution >= 0.6 is 11.8 Å². The number of rotatable bonds is 5. The second-order valence-corrected chi connectivity index (χ2v) is 6.31. The van der Waals surface area contributed by atoms with E-state index in [1.807, 2.05) is 0 Å². The molecule has 0 bridgehead atoms. The molecule has 3 N–H and O–H groups in total. The Hall–Kier alpha value is -1.12. The molecule has 1 atom stereocenters. The molecule has 1 unspecified atom stereocenters. The Kier molecular flexibility index (Phi) is 4.71. The van der Waals surface area contributed by atoms with Crippen molar-refractivity contribution in [3.63, 3.8) is 0 Å². The van der Waals surface area contributed by atoms with Gasteiger partial charge in [-0.2, -0.15) is 0 Å². The van der Waals surface area contributed by atoms with Crippen molar-refractivity contribution in [3.8, 4) is 0 Å². The average molecular weight is 293 g/mol. The minimum Gasteiger partial charge on any atom is -0.481 e. The minimum atomic E-state index is -3.93. The number of carbonyl (C=O) groups is 1. The Balaban J connectivity index is 2.84. The Morgan fingerprint density at radius 3 is 2.61 bits per heavy atom. The van der Waals surface area contributed by atoms with E-state index in [4.69, 9.17) is 10.2 Å². The number of benzene rings is 1. The third-order valence-electron chi connectivity index (χ3n) is 2.14. The van der Waals surface area contributed by atoms with E-state index in [2.05, 4.69) is 0 Å². The van der Waals surface area contributed by atoms with Crippen LogP contribution in [-0.4, -0.2) is 25.2 Å². The fourth-order valence-electron chi connectivity index (χ4n) is 1.06. The number of hydrogen-bond acceptors (Lipinski definition) is 4. The third kappa shape index (κ3) is 3.97. The topological polar surface area (TPSA) is 97.5 Å². The van der Waals surface area contributed by atoms with E-state index in [1.165, 1.54) is 19.1 Å². The van der Waals surface area contributed by atoms with E-state index >= 15 is 0 Å². The number of carboxylic acid groups (broad SMARTS) is 1. The van der Waals surface area contributed by atoms with Crippen LogP contribution in [0.25, 0.3) is 0 Å². The molecule has 0 aliphatic heterocycles. The quantitative estimate of drug-likeness (QED) is 0.797. The summed E-state index contributed by atoms with van der Waals surface area (Å²) in [6.45, 7) is 1.51. The number of halogens is 1. The van der Waals surface area contributed by atoms with Gasteiger partial charge in [-0.3, -0.25) is 4.79 Å². The van der Waals surface area contributed by atoms with Gasteiger partial charge in [-0.15, -0.1) is 11.8 Å². The van der Waals surface area contributed by atoms with Crippen LogP contribution in [0.15, 0.2) is 28.0 Å². The summed E-state index contributed by atoms with van der Waals surface area (Å²) in [5.41, 5.74) is 0. The Morgan fingerprint density at radius 1 is 1.56 bits per heavy atom. The van der Waals surface area contributed by atoms with Crippen LogP contribution < -0.4 is 5.14 Å². The van der Waals surface area contributed by atoms with Crippen molar-refractivity contribution in [2.45, 2.75) is 16.7 Å². The summed E-state index contributed by atoms with van der Waals surface area (Å²) in [6, 6.07) is 3.28. The van der Waals surface area contributed by atoms with Crippen LogP contribution in [-0.2, 0) is 14.8 Å². The number of thioether (sulfide) groups is 1. The van der Waals surface area contributed by atoms with Crippen LogP contribution in [0.1, 0.15) is 6.92 Å². The van der Waals surface area contributed by atoms with Gasteiger partial charge in [-0.1, -0.05) is 6.92 Å². The van der Waals surface area contributed by atoms with Gasteiger partial charge in [0.05, 0.1) is 10.8 Å². The van der Waals surface area contributed by atoms with Crippen molar-refractivity contribution < 1.29 is 22.7 Å². The van der Waals surface area contributed by atoms with E-state index in [0.717, 1.165) is 17.8 Å². The van der Waals surface area contributed by atoms with Gasteiger partial charge in [0.25, 0.3) is 0 Å². The van der Waals surface area contributed by atoms with Crippen LogP contribution in [0, 0.1) is 11.7 Å². The van der Waals surface area contributed by atoms with Crippen molar-refractivity contribution in [3.05, 3.63) is 24.0 Å². The van der Waals surface area contributed by atoms with Crippen molar-refractivity contribution in [2.24, 2.45) is 11.1 Å². The van der Waals surface area contributed by atoms with Crippen molar-refractivity contribution in [1.29, 1.82) is 0 Å². The third-order valence-corrected chi connectivity index (χ3v) is 4.36. The second kappa shape index (κ2) is 5.68. The SMILES string of the molecule is CC(CSc1ccc(S(N)(=O)=O)cc1F)C(=O)O. The molecular formula is C10H12FNO4S2. The lowest BCUT2D eigenvalue weighted by Gasteiger charge is -2.07. The lowest BCUT2D eigenvalue weighted by atomic mass is 10.2. The zero-order chi connectivity index (χ0) is 13.9. The van der Waals surface area contributed by atoms with Gasteiger partial charge in [0.1, 0.15) is 5.82 Å². The van der Waals surface area contributed by atoms with E-state index in [9.17, 15) is 17.6 Å². The second-order valence-electron chi connectivity index (χ2n) is 3.69. The highest BCUT2D eigenvalue weighted by Gasteiger charge is 2.15. The maximum absolute atomic E-state index is 13.5. The Morgan fingerprint density at radius 2 is 2.17 bits per heavy atom. The monoisotopic (exact) mass is 293 g/mol. The summed E-state index contributed by atoms with van der Waals surface area (Å²) >= 11 is 1.01. The molecule has 0 heterocycles. The zero-order valence-corrected chi connectivity index (χ0v) is 11.1. The molecule has 1 aromatic rings. The molecular weight excluding hydrogens is 281 g/mol. The molecule has 1 rings (SSSR count). The summed E-state index contributed by atoms with van der Waals surface area (Å²) in [4.78, 5) is 10.5. The van der Waals surface area contributed by atoms with Crippen LogP contribution in [0.2, 0.25) is 0 Å². The van der Waals surface area contributed by atoms with Crippen LogP contribution in [0.3, 0.4) is 0 Å². The van der Waals surface area contributed by atoms with E-state index in [0.29, 0.717) is 0 Å². The maximum Gasteiger partial charge on any atom is 0.307 e. The summed E-state index contributed by atoms with van der Waals surface area (Å²) in [6.07, 6.45) is 0. The summed E-state index contributed by atoms with van der Waals surface area (Å²) in [5, 5.41) is 13.5. The molecule has 8 heteroatoms. The molecule has 18 heavy (non-hydrogen) atoms. The number of aliphatic carboxylic acids is 1. The first-order chi connectivity index (χ1) is 8.21. The number of carboxylic acids is 1. The molecule has 1 aromatic carbocycles. The molecule has 0 aromatic heterocycles. The molecule has 0 fully saturated rings. The van der Waals surface area contributed by atoms with Crippen LogP contribution in [0.5, 0.6) is 0 Å². The van der Waals surface area contributed by atoms with Crippen molar-refractivity contribution >= 4 is 27.8 Å². The van der Waals surface area contributed by atoms with E-state index < -0.39 is 27.7 Å². The first-order valence-electron chi connectivity index (χ1n) is 4.89. The smallest absolute Gasteiger partial charge is 0.307 e. The first-order valence-corrected chi connectivity index (χ1v) is 7.43. The van der Waals surface area contributed by atoms with Gasteiger partial charge >= 0.3 is 5.97 Å². The first kappa shape index (κ1) is 14.9. The number of sulfonamides is 1. The van der Waals surface area contributed by atoms with Crippen molar-refractivity contribution in [2.75, 3.05) is 5.75 Å². The van der Waals surface area contributed by atoms with Gasteiger partial charge in [0, 0.05) is 10.6 Å². The fourth-order valence-corrected chi connectivity index (χ4v) is 2.52. The standard InChI is InChI=1S/C10H12FNO4S2/c1-6(10(13)14)5-17-9-3-2-7(4-8(9)11)18(12,15)16/h2-4,6H,5H2,1H3,(H,13,14)(H2,12,15,16). The molecule has 0 radical (unpaired) electrons. The molecule has 0 aliphatic carbocycles. The molecule has 5 nitrogen and oxygen atoms in total. The van der Waals surface area contributed by atoms with Gasteiger partial charge in [-0.25, -0.2) is 17.9 Å². The average Bonchev–Trinajstić information content (AvgIpc) is 2.25. The summed E-state index contributed by atoms with van der Waals surface area (Å²) < 4.78 is 35.5. The summed E-state index contributed by atoms with van der Waals surface area (Å²) in [5.74, 6) is -2.12. The summed E-state index contributed by atoms with van der Waals surface area (Å²) in [7, 11) is -3.93. The number of hydrogen-bond donors (Lipinski definition) is 2. The predicted molar refractivity (Wildman–Crippen MR) is 65.3 cm³/mol. The molecule has 0 aliphatic rings. The highest BCUT2D eigenvalue weighted by atomic mass is 32.2. The fraction of sp³-hybridized carbons (Fsp3) is 0.300. The normalized spacial score (nSPS) is 13.3. The van der Waals surface area contributed by atoms with E-state index in [-0.39, 0.29) is 15.5 Å².